The highest BCUT2D eigenvalue weighted by Gasteiger charge is 2.35. The number of amides is 2. The molecule has 2 aliphatic heterocycles. The van der Waals surface area contributed by atoms with Crippen LogP contribution in [0.15, 0.2) is 36.4 Å². The molecule has 0 bridgehead atoms. The molecule has 3 heterocycles. The second-order valence-electron chi connectivity index (χ2n) is 13.3. The summed E-state index contributed by atoms with van der Waals surface area (Å²) in [4.78, 5) is 40.6. The second kappa shape index (κ2) is 12.3. The molecule has 6 rings (SSSR count). The number of nitrogens with zero attached hydrogens (tertiary/aromatic N) is 2. The molecule has 44 heavy (non-hydrogen) atoms. The first-order valence-electron chi connectivity index (χ1n) is 15.7. The molecule has 2 aromatic carbocycles. The van der Waals surface area contributed by atoms with Gasteiger partial charge in [0, 0.05) is 66.9 Å². The molecular weight excluding hydrogens is 561 g/mol. The summed E-state index contributed by atoms with van der Waals surface area (Å²) < 4.78 is 21.4. The third kappa shape index (κ3) is 6.37. The van der Waals surface area contributed by atoms with Crippen LogP contribution in [0.25, 0.3) is 22.0 Å². The number of carbonyl (C=O) groups is 3. The number of halogens is 1. The van der Waals surface area contributed by atoms with E-state index in [4.69, 9.17) is 10.5 Å². The van der Waals surface area contributed by atoms with Crippen molar-refractivity contribution in [3.8, 4) is 11.1 Å². The molecule has 9 nitrogen and oxygen atoms in total. The van der Waals surface area contributed by atoms with Gasteiger partial charge < -0.3 is 21.1 Å². The molecule has 4 N–H and O–H groups in total. The van der Waals surface area contributed by atoms with Crippen LogP contribution in [0.2, 0.25) is 0 Å². The summed E-state index contributed by atoms with van der Waals surface area (Å²) in [5, 5.41) is 7.58. The summed E-state index contributed by atoms with van der Waals surface area (Å²) in [6.45, 7) is 8.08. The van der Waals surface area contributed by atoms with Crippen molar-refractivity contribution in [2.24, 2.45) is 11.1 Å². The van der Waals surface area contributed by atoms with Crippen molar-refractivity contribution in [2.75, 3.05) is 38.2 Å². The number of benzene rings is 2. The lowest BCUT2D eigenvalue weighted by atomic mass is 9.80. The van der Waals surface area contributed by atoms with Crippen LogP contribution < -0.4 is 16.4 Å². The number of morpholine rings is 1. The fraction of sp³-hybridized carbons (Fsp3) is 0.500. The normalized spacial score (nSPS) is 22.0. The SMILES string of the molecule is CC1(C)CC(=O)n2c(c(-c3ccc(C(N)=O)c(N[C@H]4CC[C@H](NC(=O)CCN5CCOCC5)CC4)c3)c3ccc(F)cc32)C1. The summed E-state index contributed by atoms with van der Waals surface area (Å²) in [5.41, 5.74) is 9.74. The fourth-order valence-corrected chi connectivity index (χ4v) is 7.11. The standard InChI is InChI=1S/C34H42FN5O4/c1-34(2)19-29-32(26-10-4-22(35)18-28(26)40(29)31(42)20-34)21-3-9-25(33(36)43)27(17-21)37-23-5-7-24(8-6-23)38-30(41)11-12-39-13-15-44-16-14-39/h3-4,9-10,17-18,23-24,37H,5-8,11-16,19-20H2,1-2H3,(H2,36,43)(H,38,41)/t23-,24-. The van der Waals surface area contributed by atoms with E-state index in [0.29, 0.717) is 36.0 Å². The summed E-state index contributed by atoms with van der Waals surface area (Å²) >= 11 is 0. The van der Waals surface area contributed by atoms with Crippen LogP contribution >= 0.6 is 0 Å². The molecule has 10 heteroatoms. The number of primary amides is 1. The molecule has 2 amide bonds. The van der Waals surface area contributed by atoms with Gasteiger partial charge in [0.2, 0.25) is 11.8 Å². The van der Waals surface area contributed by atoms with Crippen LogP contribution in [0.5, 0.6) is 0 Å². The van der Waals surface area contributed by atoms with Gasteiger partial charge in [0.15, 0.2) is 0 Å². The van der Waals surface area contributed by atoms with Gasteiger partial charge in [-0.2, -0.15) is 0 Å². The predicted octanol–water partition coefficient (Wildman–Crippen LogP) is 4.72. The lowest BCUT2D eigenvalue weighted by Gasteiger charge is -2.31. The maximum absolute atomic E-state index is 14.4. The van der Waals surface area contributed by atoms with Crippen molar-refractivity contribution in [1.29, 1.82) is 0 Å². The van der Waals surface area contributed by atoms with E-state index in [1.54, 1.807) is 16.7 Å². The molecule has 3 aromatic rings. The minimum atomic E-state index is -0.526. The fourth-order valence-electron chi connectivity index (χ4n) is 7.11. The summed E-state index contributed by atoms with van der Waals surface area (Å²) in [6, 6.07) is 10.4. The van der Waals surface area contributed by atoms with Gasteiger partial charge in [-0.15, -0.1) is 0 Å². The van der Waals surface area contributed by atoms with Crippen molar-refractivity contribution in [3.05, 3.63) is 53.5 Å². The Morgan fingerprint density at radius 1 is 1.02 bits per heavy atom. The molecule has 3 aliphatic rings. The van der Waals surface area contributed by atoms with Gasteiger partial charge in [-0.25, -0.2) is 4.39 Å². The van der Waals surface area contributed by atoms with Gasteiger partial charge in [-0.1, -0.05) is 19.9 Å². The number of nitrogens with one attached hydrogen (secondary N) is 2. The maximum Gasteiger partial charge on any atom is 0.250 e. The number of ether oxygens (including phenoxy) is 1. The molecular formula is C34H42FN5O4. The van der Waals surface area contributed by atoms with Gasteiger partial charge in [0.25, 0.3) is 5.91 Å². The van der Waals surface area contributed by atoms with Crippen LogP contribution in [0.1, 0.15) is 73.2 Å². The first kappa shape index (κ1) is 30.3. The second-order valence-corrected chi connectivity index (χ2v) is 13.3. The number of fused-ring (bicyclic) bond motifs is 3. The predicted molar refractivity (Wildman–Crippen MR) is 168 cm³/mol. The quantitative estimate of drug-likeness (QED) is 0.343. The molecule has 0 spiro atoms. The van der Waals surface area contributed by atoms with Gasteiger partial charge >= 0.3 is 0 Å². The average Bonchev–Trinajstić information content (AvgIpc) is 3.29. The Morgan fingerprint density at radius 3 is 2.48 bits per heavy atom. The van der Waals surface area contributed by atoms with Crippen LogP contribution in [0.3, 0.4) is 0 Å². The lowest BCUT2D eigenvalue weighted by Crippen LogP contribution is -2.42. The molecule has 1 saturated carbocycles. The minimum absolute atomic E-state index is 0.0462. The number of rotatable bonds is 8. The number of aromatic nitrogens is 1. The lowest BCUT2D eigenvalue weighted by molar-refractivity contribution is -0.122. The van der Waals surface area contributed by atoms with E-state index in [1.807, 2.05) is 12.1 Å². The van der Waals surface area contributed by atoms with E-state index in [9.17, 15) is 18.8 Å². The number of hydrogen-bond acceptors (Lipinski definition) is 6. The molecule has 1 aromatic heterocycles. The number of hydrogen-bond donors (Lipinski definition) is 3. The van der Waals surface area contributed by atoms with E-state index in [0.717, 1.165) is 80.7 Å². The van der Waals surface area contributed by atoms with E-state index in [2.05, 4.69) is 29.4 Å². The van der Waals surface area contributed by atoms with Crippen molar-refractivity contribution < 1.29 is 23.5 Å². The maximum atomic E-state index is 14.4. The molecule has 1 saturated heterocycles. The average molecular weight is 604 g/mol. The Morgan fingerprint density at radius 2 is 1.75 bits per heavy atom. The van der Waals surface area contributed by atoms with Crippen molar-refractivity contribution in [2.45, 2.75) is 70.9 Å². The summed E-state index contributed by atoms with van der Waals surface area (Å²) in [5.74, 6) is -0.879. The monoisotopic (exact) mass is 603 g/mol. The minimum Gasteiger partial charge on any atom is -0.382 e. The topological polar surface area (TPSA) is 119 Å². The van der Waals surface area contributed by atoms with Crippen LogP contribution in [0.4, 0.5) is 10.1 Å². The summed E-state index contributed by atoms with van der Waals surface area (Å²) in [7, 11) is 0. The van der Waals surface area contributed by atoms with Crippen LogP contribution in [-0.2, 0) is 16.0 Å². The zero-order chi connectivity index (χ0) is 31.0. The smallest absolute Gasteiger partial charge is 0.250 e. The Kier molecular flexibility index (Phi) is 8.48. The molecule has 0 unspecified atom stereocenters. The van der Waals surface area contributed by atoms with Crippen molar-refractivity contribution >= 4 is 34.3 Å². The Hall–Kier alpha value is -3.76. The molecule has 0 radical (unpaired) electrons. The van der Waals surface area contributed by atoms with Crippen molar-refractivity contribution in [1.82, 2.24) is 14.8 Å². The first-order chi connectivity index (χ1) is 21.1. The highest BCUT2D eigenvalue weighted by molar-refractivity contribution is 6.06. The van der Waals surface area contributed by atoms with Gasteiger partial charge in [0.05, 0.1) is 24.3 Å². The Labute approximate surface area is 257 Å². The summed E-state index contributed by atoms with van der Waals surface area (Å²) in [6.07, 6.45) is 4.88. The Balaban J connectivity index is 1.19. The largest absolute Gasteiger partial charge is 0.382 e. The van der Waals surface area contributed by atoms with E-state index in [1.165, 1.54) is 12.1 Å². The van der Waals surface area contributed by atoms with Crippen molar-refractivity contribution in [3.63, 3.8) is 0 Å². The zero-order valence-electron chi connectivity index (χ0n) is 25.6. The van der Waals surface area contributed by atoms with E-state index in [-0.39, 0.29) is 29.3 Å². The molecule has 234 valence electrons. The third-order valence-corrected chi connectivity index (χ3v) is 9.34. The molecule has 0 atom stereocenters. The zero-order valence-corrected chi connectivity index (χ0v) is 25.6. The number of nitrogens with two attached hydrogens (primary N) is 1. The first-order valence-corrected chi connectivity index (χ1v) is 15.7. The van der Waals surface area contributed by atoms with Gasteiger partial charge in [-0.05, 0) is 73.4 Å². The number of anilines is 1. The van der Waals surface area contributed by atoms with E-state index < -0.39 is 11.7 Å². The van der Waals surface area contributed by atoms with Gasteiger partial charge in [-0.3, -0.25) is 23.9 Å². The van der Waals surface area contributed by atoms with Gasteiger partial charge in [0.1, 0.15) is 5.82 Å². The highest BCUT2D eigenvalue weighted by Crippen LogP contribution is 2.43. The Bertz CT molecular complexity index is 1580. The number of carbonyl (C=O) groups excluding carboxylic acids is 3. The molecule has 2 fully saturated rings. The molecule has 1 aliphatic carbocycles. The third-order valence-electron chi connectivity index (χ3n) is 9.34. The van der Waals surface area contributed by atoms with Crippen LogP contribution in [-0.4, -0.2) is 72.1 Å². The van der Waals surface area contributed by atoms with Crippen LogP contribution in [0, 0.1) is 11.2 Å². The highest BCUT2D eigenvalue weighted by atomic mass is 19.1. The van der Waals surface area contributed by atoms with E-state index >= 15 is 0 Å².